The smallest absolute Gasteiger partial charge is 0.252 e. The van der Waals surface area contributed by atoms with Gasteiger partial charge in [-0.2, -0.15) is 0 Å². The number of nitrogens with one attached hydrogen (secondary N) is 1. The lowest BCUT2D eigenvalue weighted by molar-refractivity contribution is 0.0951. The SMILES string of the molecule is O=C(NCc1nnc2n1CCCCC2)c1cc(-c2ccncc2)nc2ccccc12. The zero-order valence-electron chi connectivity index (χ0n) is 16.6. The molecule has 0 saturated carbocycles. The average molecular weight is 398 g/mol. The van der Waals surface area contributed by atoms with Crippen LogP contribution in [-0.4, -0.2) is 30.6 Å². The first-order valence-corrected chi connectivity index (χ1v) is 10.3. The highest BCUT2D eigenvalue weighted by atomic mass is 16.1. The number of carbonyl (C=O) groups excluding carboxylic acids is 1. The highest BCUT2D eigenvalue weighted by Crippen LogP contribution is 2.24. The summed E-state index contributed by atoms with van der Waals surface area (Å²) in [5, 5.41) is 12.5. The van der Waals surface area contributed by atoms with E-state index in [1.165, 1.54) is 6.42 Å². The van der Waals surface area contributed by atoms with E-state index >= 15 is 0 Å². The van der Waals surface area contributed by atoms with Crippen LogP contribution in [0.25, 0.3) is 22.2 Å². The van der Waals surface area contributed by atoms with E-state index in [2.05, 4.69) is 25.1 Å². The van der Waals surface area contributed by atoms with Gasteiger partial charge in [-0.05, 0) is 37.1 Å². The summed E-state index contributed by atoms with van der Waals surface area (Å²) >= 11 is 0. The first-order chi connectivity index (χ1) is 14.8. The van der Waals surface area contributed by atoms with Crippen molar-refractivity contribution >= 4 is 16.8 Å². The lowest BCUT2D eigenvalue weighted by atomic mass is 10.0. The molecule has 0 fully saturated rings. The van der Waals surface area contributed by atoms with Crippen molar-refractivity contribution in [3.8, 4) is 11.3 Å². The van der Waals surface area contributed by atoms with Gasteiger partial charge in [0.15, 0.2) is 5.82 Å². The van der Waals surface area contributed by atoms with Crippen LogP contribution in [0, 0.1) is 0 Å². The number of rotatable bonds is 4. The minimum Gasteiger partial charge on any atom is -0.345 e. The summed E-state index contributed by atoms with van der Waals surface area (Å²) in [4.78, 5) is 22.0. The van der Waals surface area contributed by atoms with E-state index in [1.54, 1.807) is 12.4 Å². The Morgan fingerprint density at radius 2 is 1.90 bits per heavy atom. The molecule has 30 heavy (non-hydrogen) atoms. The van der Waals surface area contributed by atoms with Crippen molar-refractivity contribution in [2.75, 3.05) is 0 Å². The molecule has 0 radical (unpaired) electrons. The Kier molecular flexibility index (Phi) is 4.93. The van der Waals surface area contributed by atoms with Crippen LogP contribution in [0.2, 0.25) is 0 Å². The van der Waals surface area contributed by atoms with Crippen LogP contribution in [0.4, 0.5) is 0 Å². The fourth-order valence-electron chi connectivity index (χ4n) is 3.96. The van der Waals surface area contributed by atoms with E-state index in [4.69, 9.17) is 4.98 Å². The van der Waals surface area contributed by atoms with Crippen LogP contribution < -0.4 is 5.32 Å². The predicted molar refractivity (Wildman–Crippen MR) is 114 cm³/mol. The number of hydrogen-bond acceptors (Lipinski definition) is 5. The van der Waals surface area contributed by atoms with Crippen molar-refractivity contribution in [3.05, 3.63) is 72.1 Å². The van der Waals surface area contributed by atoms with Crippen LogP contribution in [0.3, 0.4) is 0 Å². The summed E-state index contributed by atoms with van der Waals surface area (Å²) in [6.07, 6.45) is 7.87. The summed E-state index contributed by atoms with van der Waals surface area (Å²) in [5.74, 6) is 1.69. The third kappa shape index (κ3) is 3.54. The Morgan fingerprint density at radius 3 is 2.80 bits per heavy atom. The molecule has 1 amide bonds. The van der Waals surface area contributed by atoms with E-state index in [1.807, 2.05) is 42.5 Å². The molecular weight excluding hydrogens is 376 g/mol. The molecule has 5 rings (SSSR count). The monoisotopic (exact) mass is 398 g/mol. The second-order valence-corrected chi connectivity index (χ2v) is 7.49. The highest BCUT2D eigenvalue weighted by Gasteiger charge is 2.17. The molecule has 0 unspecified atom stereocenters. The van der Waals surface area contributed by atoms with E-state index in [0.717, 1.165) is 59.6 Å². The van der Waals surface area contributed by atoms with Crippen molar-refractivity contribution in [3.63, 3.8) is 0 Å². The molecule has 0 atom stereocenters. The van der Waals surface area contributed by atoms with Crippen molar-refractivity contribution in [1.82, 2.24) is 30.0 Å². The molecule has 7 heteroatoms. The zero-order valence-corrected chi connectivity index (χ0v) is 16.6. The number of para-hydroxylation sites is 1. The maximum Gasteiger partial charge on any atom is 0.252 e. The molecule has 4 heterocycles. The van der Waals surface area contributed by atoms with Gasteiger partial charge in [-0.3, -0.25) is 9.78 Å². The standard InChI is InChI=1S/C23H22N6O/c30-23(25-15-22-28-27-21-8-2-1-5-13-29(21)22)18-14-20(16-9-11-24-12-10-16)26-19-7-4-3-6-17(18)19/h3-4,6-7,9-12,14H,1-2,5,8,13,15H2,(H,25,30). The summed E-state index contributed by atoms with van der Waals surface area (Å²) < 4.78 is 2.15. The number of pyridine rings is 2. The number of aromatic nitrogens is 5. The van der Waals surface area contributed by atoms with Gasteiger partial charge >= 0.3 is 0 Å². The Balaban J connectivity index is 1.45. The van der Waals surface area contributed by atoms with Crippen molar-refractivity contribution < 1.29 is 4.79 Å². The quantitative estimate of drug-likeness (QED) is 0.568. The fourth-order valence-corrected chi connectivity index (χ4v) is 3.96. The van der Waals surface area contributed by atoms with Crippen molar-refractivity contribution in [1.29, 1.82) is 0 Å². The maximum atomic E-state index is 13.2. The van der Waals surface area contributed by atoms with Crippen LogP contribution in [0.15, 0.2) is 54.9 Å². The second-order valence-electron chi connectivity index (χ2n) is 7.49. The third-order valence-corrected chi connectivity index (χ3v) is 5.53. The molecule has 0 bridgehead atoms. The molecule has 4 aromatic rings. The molecule has 0 spiro atoms. The topological polar surface area (TPSA) is 85.6 Å². The number of aryl methyl sites for hydroxylation is 1. The lowest BCUT2D eigenvalue weighted by Crippen LogP contribution is -2.25. The van der Waals surface area contributed by atoms with E-state index < -0.39 is 0 Å². The van der Waals surface area contributed by atoms with Gasteiger partial charge in [0.2, 0.25) is 0 Å². The largest absolute Gasteiger partial charge is 0.345 e. The first-order valence-electron chi connectivity index (χ1n) is 10.3. The Labute approximate surface area is 174 Å². The van der Waals surface area contributed by atoms with Gasteiger partial charge in [-0.15, -0.1) is 10.2 Å². The first kappa shape index (κ1) is 18.4. The third-order valence-electron chi connectivity index (χ3n) is 5.53. The number of fused-ring (bicyclic) bond motifs is 2. The molecule has 1 N–H and O–H groups in total. The molecule has 0 aliphatic carbocycles. The second kappa shape index (κ2) is 8.02. The molecule has 1 aliphatic heterocycles. The van der Waals surface area contributed by atoms with Crippen LogP contribution in [-0.2, 0) is 19.5 Å². The zero-order chi connectivity index (χ0) is 20.3. The molecule has 0 saturated heterocycles. The van der Waals surface area contributed by atoms with Crippen LogP contribution in [0.5, 0.6) is 0 Å². The number of hydrogen-bond donors (Lipinski definition) is 1. The molecule has 150 valence electrons. The Morgan fingerprint density at radius 1 is 1.03 bits per heavy atom. The van der Waals surface area contributed by atoms with Crippen LogP contribution >= 0.6 is 0 Å². The summed E-state index contributed by atoms with van der Waals surface area (Å²) in [6.45, 7) is 1.27. The number of carbonyl (C=O) groups is 1. The maximum absolute atomic E-state index is 13.2. The summed E-state index contributed by atoms with van der Waals surface area (Å²) in [6, 6.07) is 13.3. The van der Waals surface area contributed by atoms with Crippen molar-refractivity contribution in [2.45, 2.75) is 38.8 Å². The average Bonchev–Trinajstić information content (AvgIpc) is 3.03. The van der Waals surface area contributed by atoms with Gasteiger partial charge < -0.3 is 9.88 Å². The van der Waals surface area contributed by atoms with Gasteiger partial charge in [-0.25, -0.2) is 4.98 Å². The van der Waals surface area contributed by atoms with E-state index in [0.29, 0.717) is 12.1 Å². The number of benzene rings is 1. The van der Waals surface area contributed by atoms with Gasteiger partial charge in [-0.1, -0.05) is 24.6 Å². The number of amides is 1. The van der Waals surface area contributed by atoms with Gasteiger partial charge in [0, 0.05) is 36.3 Å². The Hall–Kier alpha value is -3.61. The van der Waals surface area contributed by atoms with Crippen molar-refractivity contribution in [2.24, 2.45) is 0 Å². The normalized spacial score (nSPS) is 13.6. The Bertz CT molecular complexity index is 1200. The minimum absolute atomic E-state index is 0.144. The van der Waals surface area contributed by atoms with Crippen LogP contribution in [0.1, 0.15) is 41.3 Å². The number of nitrogens with zero attached hydrogens (tertiary/aromatic N) is 5. The van der Waals surface area contributed by atoms with Gasteiger partial charge in [0.1, 0.15) is 5.82 Å². The molecule has 7 nitrogen and oxygen atoms in total. The predicted octanol–water partition coefficient (Wildman–Crippen LogP) is 3.54. The minimum atomic E-state index is -0.144. The van der Waals surface area contributed by atoms with Gasteiger partial charge in [0.25, 0.3) is 5.91 Å². The van der Waals surface area contributed by atoms with E-state index in [9.17, 15) is 4.79 Å². The summed E-state index contributed by atoms with van der Waals surface area (Å²) in [5.41, 5.74) is 3.06. The molecule has 1 aliphatic rings. The lowest BCUT2D eigenvalue weighted by Gasteiger charge is -2.11. The summed E-state index contributed by atoms with van der Waals surface area (Å²) in [7, 11) is 0. The molecule has 1 aromatic carbocycles. The van der Waals surface area contributed by atoms with E-state index in [-0.39, 0.29) is 5.91 Å². The highest BCUT2D eigenvalue weighted by molar-refractivity contribution is 6.07. The molecular formula is C23H22N6O. The molecule has 3 aromatic heterocycles. The fraction of sp³-hybridized carbons (Fsp3) is 0.261. The van der Waals surface area contributed by atoms with Gasteiger partial charge in [0.05, 0.1) is 23.3 Å².